The molecule has 0 spiro atoms. The van der Waals surface area contributed by atoms with Crippen molar-refractivity contribution in [3.8, 4) is 5.88 Å². The molecule has 2 aromatic heterocycles. The molecule has 6 heteroatoms. The Morgan fingerprint density at radius 3 is 2.81 bits per heavy atom. The van der Waals surface area contributed by atoms with Crippen molar-refractivity contribution in [2.45, 2.75) is 63.7 Å². The zero-order valence-electron chi connectivity index (χ0n) is 15.9. The van der Waals surface area contributed by atoms with Crippen LogP contribution in [-0.4, -0.2) is 33.1 Å². The van der Waals surface area contributed by atoms with Gasteiger partial charge in [0.15, 0.2) is 0 Å². The summed E-state index contributed by atoms with van der Waals surface area (Å²) < 4.78 is 5.69. The van der Waals surface area contributed by atoms with Crippen LogP contribution < -0.4 is 10.1 Å². The van der Waals surface area contributed by atoms with Gasteiger partial charge >= 0.3 is 0 Å². The SMILES string of the molecule is CCC(C)Oc1cc(C(=O)NC2CCC(O)(c3cccnc3)CC2)ccn1. The van der Waals surface area contributed by atoms with Crippen molar-refractivity contribution in [2.24, 2.45) is 0 Å². The van der Waals surface area contributed by atoms with E-state index in [0.717, 1.165) is 24.8 Å². The molecule has 1 atom stereocenters. The highest BCUT2D eigenvalue weighted by atomic mass is 16.5. The van der Waals surface area contributed by atoms with E-state index >= 15 is 0 Å². The van der Waals surface area contributed by atoms with Crippen molar-refractivity contribution < 1.29 is 14.6 Å². The fourth-order valence-electron chi connectivity index (χ4n) is 3.34. The lowest BCUT2D eigenvalue weighted by Crippen LogP contribution is -2.42. The second-order valence-corrected chi connectivity index (χ2v) is 7.24. The summed E-state index contributed by atoms with van der Waals surface area (Å²) >= 11 is 0. The van der Waals surface area contributed by atoms with E-state index in [4.69, 9.17) is 4.74 Å². The predicted octanol–water partition coefficient (Wildman–Crippen LogP) is 3.21. The quantitative estimate of drug-likeness (QED) is 0.817. The van der Waals surface area contributed by atoms with Gasteiger partial charge < -0.3 is 15.2 Å². The lowest BCUT2D eigenvalue weighted by molar-refractivity contribution is -0.00831. The number of aliphatic hydroxyl groups is 1. The van der Waals surface area contributed by atoms with Crippen molar-refractivity contribution in [1.29, 1.82) is 0 Å². The zero-order valence-corrected chi connectivity index (χ0v) is 15.9. The molecule has 1 saturated carbocycles. The van der Waals surface area contributed by atoms with Gasteiger partial charge in [0.1, 0.15) is 0 Å². The van der Waals surface area contributed by atoms with Gasteiger partial charge in [0.2, 0.25) is 5.88 Å². The minimum absolute atomic E-state index is 0.0431. The predicted molar refractivity (Wildman–Crippen MR) is 102 cm³/mol. The third kappa shape index (κ3) is 4.83. The summed E-state index contributed by atoms with van der Waals surface area (Å²) in [6.07, 6.45) is 8.58. The van der Waals surface area contributed by atoms with Crippen LogP contribution >= 0.6 is 0 Å². The Morgan fingerprint density at radius 2 is 2.15 bits per heavy atom. The first kappa shape index (κ1) is 19.3. The smallest absolute Gasteiger partial charge is 0.251 e. The van der Waals surface area contributed by atoms with Gasteiger partial charge in [-0.3, -0.25) is 9.78 Å². The molecule has 1 unspecified atom stereocenters. The van der Waals surface area contributed by atoms with Crippen LogP contribution in [0.15, 0.2) is 42.9 Å². The molecule has 2 heterocycles. The first-order valence-electron chi connectivity index (χ1n) is 9.56. The highest BCUT2D eigenvalue weighted by Gasteiger charge is 2.35. The average molecular weight is 369 g/mol. The summed E-state index contributed by atoms with van der Waals surface area (Å²) in [6.45, 7) is 4.01. The Labute approximate surface area is 160 Å². The van der Waals surface area contributed by atoms with E-state index in [1.807, 2.05) is 26.0 Å². The topological polar surface area (TPSA) is 84.3 Å². The van der Waals surface area contributed by atoms with Crippen molar-refractivity contribution in [3.05, 3.63) is 54.0 Å². The molecule has 1 amide bonds. The minimum Gasteiger partial charge on any atom is -0.475 e. The number of nitrogens with zero attached hydrogens (tertiary/aromatic N) is 2. The molecule has 0 aromatic carbocycles. The summed E-state index contributed by atoms with van der Waals surface area (Å²) in [4.78, 5) is 20.9. The molecular weight excluding hydrogens is 342 g/mol. The van der Waals surface area contributed by atoms with Crippen LogP contribution in [0.5, 0.6) is 5.88 Å². The molecule has 0 aliphatic heterocycles. The third-order valence-corrected chi connectivity index (χ3v) is 5.24. The van der Waals surface area contributed by atoms with Gasteiger partial charge in [-0.25, -0.2) is 4.98 Å². The Morgan fingerprint density at radius 1 is 1.37 bits per heavy atom. The first-order chi connectivity index (χ1) is 13.0. The minimum atomic E-state index is -0.858. The monoisotopic (exact) mass is 369 g/mol. The van der Waals surface area contributed by atoms with Crippen LogP contribution in [0.1, 0.15) is 61.9 Å². The van der Waals surface area contributed by atoms with Crippen LogP contribution in [0.2, 0.25) is 0 Å². The molecule has 6 nitrogen and oxygen atoms in total. The Balaban J connectivity index is 1.57. The fraction of sp³-hybridized carbons (Fsp3) is 0.476. The lowest BCUT2D eigenvalue weighted by Gasteiger charge is -2.36. The number of hydrogen-bond donors (Lipinski definition) is 2. The summed E-state index contributed by atoms with van der Waals surface area (Å²) in [6, 6.07) is 7.15. The van der Waals surface area contributed by atoms with Gasteiger partial charge in [0.25, 0.3) is 5.91 Å². The molecule has 0 radical (unpaired) electrons. The highest BCUT2D eigenvalue weighted by Crippen LogP contribution is 2.36. The van der Waals surface area contributed by atoms with Crippen LogP contribution in [0.3, 0.4) is 0 Å². The third-order valence-electron chi connectivity index (χ3n) is 5.24. The number of pyridine rings is 2. The van der Waals surface area contributed by atoms with Crippen LogP contribution in [0, 0.1) is 0 Å². The number of rotatable bonds is 6. The normalized spacial score (nSPS) is 23.4. The number of aromatic nitrogens is 2. The molecule has 2 N–H and O–H groups in total. The maximum absolute atomic E-state index is 12.6. The Hall–Kier alpha value is -2.47. The molecule has 2 aromatic rings. The average Bonchev–Trinajstić information content (AvgIpc) is 2.70. The van der Waals surface area contributed by atoms with E-state index in [1.54, 1.807) is 30.7 Å². The van der Waals surface area contributed by atoms with Gasteiger partial charge in [-0.2, -0.15) is 0 Å². The van der Waals surface area contributed by atoms with E-state index < -0.39 is 5.60 Å². The number of ether oxygens (including phenoxy) is 1. The Kier molecular flexibility index (Phi) is 6.06. The van der Waals surface area contributed by atoms with E-state index in [2.05, 4.69) is 15.3 Å². The number of amides is 1. The van der Waals surface area contributed by atoms with Gasteiger partial charge in [0.05, 0.1) is 11.7 Å². The van der Waals surface area contributed by atoms with Gasteiger partial charge in [-0.15, -0.1) is 0 Å². The molecule has 0 bridgehead atoms. The van der Waals surface area contributed by atoms with Crippen LogP contribution in [0.25, 0.3) is 0 Å². The molecule has 1 fully saturated rings. The van der Waals surface area contributed by atoms with Gasteiger partial charge in [-0.1, -0.05) is 13.0 Å². The molecule has 144 valence electrons. The first-order valence-corrected chi connectivity index (χ1v) is 9.56. The van der Waals surface area contributed by atoms with Crippen molar-refractivity contribution >= 4 is 5.91 Å². The largest absolute Gasteiger partial charge is 0.475 e. The second kappa shape index (κ2) is 8.48. The highest BCUT2D eigenvalue weighted by molar-refractivity contribution is 5.94. The maximum atomic E-state index is 12.6. The van der Waals surface area contributed by atoms with Crippen LogP contribution in [0.4, 0.5) is 0 Å². The Bertz CT molecular complexity index is 758. The van der Waals surface area contributed by atoms with Crippen molar-refractivity contribution in [3.63, 3.8) is 0 Å². The van der Waals surface area contributed by atoms with Gasteiger partial charge in [-0.05, 0) is 51.2 Å². The fourth-order valence-corrected chi connectivity index (χ4v) is 3.34. The molecule has 0 saturated heterocycles. The standard InChI is InChI=1S/C21H27N3O3/c1-3-15(2)27-19-13-16(8-12-23-19)20(25)24-18-6-9-21(26,10-7-18)17-5-4-11-22-14-17/h4-5,8,11-15,18,26H,3,6-7,9-10H2,1-2H3,(H,24,25). The molecule has 3 rings (SSSR count). The molecule has 1 aliphatic rings. The number of nitrogens with one attached hydrogen (secondary N) is 1. The molecule has 1 aliphatic carbocycles. The van der Waals surface area contributed by atoms with Crippen LogP contribution in [-0.2, 0) is 5.60 Å². The van der Waals surface area contributed by atoms with E-state index in [9.17, 15) is 9.90 Å². The lowest BCUT2D eigenvalue weighted by atomic mass is 9.78. The van der Waals surface area contributed by atoms with Crippen molar-refractivity contribution in [1.82, 2.24) is 15.3 Å². The summed E-state index contributed by atoms with van der Waals surface area (Å²) in [7, 11) is 0. The number of hydrogen-bond acceptors (Lipinski definition) is 5. The summed E-state index contributed by atoms with van der Waals surface area (Å²) in [5.41, 5.74) is 0.524. The van der Waals surface area contributed by atoms with E-state index in [-0.39, 0.29) is 18.1 Å². The van der Waals surface area contributed by atoms with Gasteiger partial charge in [0, 0.05) is 41.8 Å². The zero-order chi connectivity index (χ0) is 19.3. The maximum Gasteiger partial charge on any atom is 0.251 e. The number of carbonyl (C=O) groups excluding carboxylic acids is 1. The summed E-state index contributed by atoms with van der Waals surface area (Å²) in [5.74, 6) is 0.329. The number of carbonyl (C=O) groups is 1. The second-order valence-electron chi connectivity index (χ2n) is 7.24. The molecule has 27 heavy (non-hydrogen) atoms. The summed E-state index contributed by atoms with van der Waals surface area (Å²) in [5, 5.41) is 13.9. The van der Waals surface area contributed by atoms with E-state index in [1.165, 1.54) is 0 Å². The van der Waals surface area contributed by atoms with Crippen molar-refractivity contribution in [2.75, 3.05) is 0 Å². The van der Waals surface area contributed by atoms with E-state index in [0.29, 0.717) is 24.3 Å². The molecular formula is C21H27N3O3.